The van der Waals surface area contributed by atoms with Crippen LogP contribution >= 0.6 is 11.6 Å². The van der Waals surface area contributed by atoms with Gasteiger partial charge in [-0.1, -0.05) is 11.6 Å². The Morgan fingerprint density at radius 2 is 1.95 bits per heavy atom. The van der Waals surface area contributed by atoms with Crippen LogP contribution in [-0.2, 0) is 15.7 Å². The molecule has 3 atom stereocenters. The second-order valence-corrected chi connectivity index (χ2v) is 9.33. The number of rotatable bonds is 7. The monoisotopic (exact) mass is 562 g/mol. The molecule has 0 spiro atoms. The molecule has 2 N–H and O–H groups in total. The Morgan fingerprint density at radius 3 is 2.50 bits per heavy atom. The van der Waals surface area contributed by atoms with Crippen molar-refractivity contribution in [3.63, 3.8) is 0 Å². The Balaban J connectivity index is 1.69. The summed E-state index contributed by atoms with van der Waals surface area (Å²) < 4.78 is 73.2. The molecule has 10 nitrogen and oxygen atoms in total. The predicted octanol–water partition coefficient (Wildman–Crippen LogP) is 4.49. The summed E-state index contributed by atoms with van der Waals surface area (Å²) in [6.07, 6.45) is -9.12. The SMILES string of the molecule is Cc1c(Cl)c(C(F)(F)F)nn1[C@@H](CC(F)F)C(=O)Nc1ccc(N2CC(C)O[C@@H](C)C2)cc1-c1nn[nH]n1. The van der Waals surface area contributed by atoms with Gasteiger partial charge in [0.05, 0.1) is 28.6 Å². The van der Waals surface area contributed by atoms with Gasteiger partial charge in [0.25, 0.3) is 0 Å². The van der Waals surface area contributed by atoms with Gasteiger partial charge in [-0.3, -0.25) is 9.48 Å². The van der Waals surface area contributed by atoms with Crippen LogP contribution < -0.4 is 10.2 Å². The number of nitrogens with zero attached hydrogens (tertiary/aromatic N) is 6. The second kappa shape index (κ2) is 10.8. The average molecular weight is 563 g/mol. The number of nitrogens with one attached hydrogen (secondary N) is 2. The van der Waals surface area contributed by atoms with Crippen molar-refractivity contribution in [2.24, 2.45) is 0 Å². The number of hydrogen-bond acceptors (Lipinski definition) is 7. The lowest BCUT2D eigenvalue weighted by Gasteiger charge is -2.37. The van der Waals surface area contributed by atoms with Crippen LogP contribution in [0.4, 0.5) is 33.3 Å². The molecule has 1 fully saturated rings. The normalized spacial score (nSPS) is 19.2. The molecule has 0 bridgehead atoms. The van der Waals surface area contributed by atoms with Gasteiger partial charge >= 0.3 is 6.18 Å². The van der Waals surface area contributed by atoms with Gasteiger partial charge < -0.3 is 15.0 Å². The summed E-state index contributed by atoms with van der Waals surface area (Å²) in [5.74, 6) is -0.910. The van der Waals surface area contributed by atoms with E-state index in [1.807, 2.05) is 13.8 Å². The minimum Gasteiger partial charge on any atom is -0.372 e. The smallest absolute Gasteiger partial charge is 0.372 e. The van der Waals surface area contributed by atoms with Crippen LogP contribution in [0.3, 0.4) is 0 Å². The Hall–Kier alpha value is -3.33. The molecule has 38 heavy (non-hydrogen) atoms. The van der Waals surface area contributed by atoms with E-state index in [0.29, 0.717) is 23.3 Å². The molecule has 4 rings (SSSR count). The molecule has 1 unspecified atom stereocenters. The van der Waals surface area contributed by atoms with E-state index < -0.39 is 41.7 Å². The molecule has 0 radical (unpaired) electrons. The minimum absolute atomic E-state index is 0.0346. The first-order valence-electron chi connectivity index (χ1n) is 11.5. The van der Waals surface area contributed by atoms with Gasteiger partial charge in [-0.25, -0.2) is 8.78 Å². The zero-order valence-corrected chi connectivity index (χ0v) is 21.2. The highest BCUT2D eigenvalue weighted by Gasteiger charge is 2.40. The summed E-state index contributed by atoms with van der Waals surface area (Å²) in [6, 6.07) is 3.16. The quantitative estimate of drug-likeness (QED) is 0.408. The van der Waals surface area contributed by atoms with Gasteiger partial charge in [0.1, 0.15) is 6.04 Å². The molecule has 1 aliphatic heterocycles. The van der Waals surface area contributed by atoms with Gasteiger partial charge in [-0.05, 0) is 44.2 Å². The van der Waals surface area contributed by atoms with Gasteiger partial charge in [-0.2, -0.15) is 23.5 Å². The predicted molar refractivity (Wildman–Crippen MR) is 127 cm³/mol. The number of morpholine rings is 1. The van der Waals surface area contributed by atoms with E-state index >= 15 is 0 Å². The van der Waals surface area contributed by atoms with Gasteiger partial charge in [0, 0.05) is 30.8 Å². The third kappa shape index (κ3) is 5.88. The first-order valence-corrected chi connectivity index (χ1v) is 11.9. The maximum absolute atomic E-state index is 13.4. The maximum atomic E-state index is 13.4. The van der Waals surface area contributed by atoms with Gasteiger partial charge in [0.2, 0.25) is 18.2 Å². The molecule has 0 saturated carbocycles. The lowest BCUT2D eigenvalue weighted by atomic mass is 10.1. The number of carbonyl (C=O) groups is 1. The van der Waals surface area contributed by atoms with E-state index in [1.165, 1.54) is 13.0 Å². The number of aromatic amines is 1. The number of ether oxygens (including phenoxy) is 1. The highest BCUT2D eigenvalue weighted by molar-refractivity contribution is 6.32. The van der Waals surface area contributed by atoms with Crippen molar-refractivity contribution in [3.05, 3.63) is 34.6 Å². The first-order chi connectivity index (χ1) is 17.8. The fraction of sp³-hybridized carbons (Fsp3) is 0.500. The number of aromatic nitrogens is 6. The minimum atomic E-state index is -4.94. The zero-order chi connectivity index (χ0) is 27.8. The van der Waals surface area contributed by atoms with Crippen LogP contribution in [0, 0.1) is 6.92 Å². The van der Waals surface area contributed by atoms with Crippen LogP contribution in [0.1, 0.15) is 37.7 Å². The molecule has 0 aliphatic carbocycles. The van der Waals surface area contributed by atoms with Crippen LogP contribution in [0.5, 0.6) is 0 Å². The molecular weight excluding hydrogens is 539 g/mol. The zero-order valence-electron chi connectivity index (χ0n) is 20.4. The number of hydrogen-bond donors (Lipinski definition) is 2. The molecule has 3 aromatic rings. The lowest BCUT2D eigenvalue weighted by Crippen LogP contribution is -2.45. The number of amides is 1. The van der Waals surface area contributed by atoms with E-state index in [1.54, 1.807) is 12.1 Å². The van der Waals surface area contributed by atoms with Crippen molar-refractivity contribution in [2.75, 3.05) is 23.3 Å². The molecule has 1 amide bonds. The number of anilines is 2. The molecule has 16 heteroatoms. The molecule has 3 heterocycles. The third-order valence-electron chi connectivity index (χ3n) is 5.98. The summed E-state index contributed by atoms with van der Waals surface area (Å²) in [6.45, 7) is 6.24. The Kier molecular flexibility index (Phi) is 7.88. The Labute approximate surface area is 218 Å². The Bertz CT molecular complexity index is 1270. The van der Waals surface area contributed by atoms with Crippen LogP contribution in [0.25, 0.3) is 11.4 Å². The molecule has 2 aromatic heterocycles. The molecule has 206 valence electrons. The standard InChI is InChI=1S/C22H24ClF5N8O2/c1-10-8-35(9-11(2)38-10)13-4-5-15(14(6-13)20-30-33-34-31-20)29-21(37)16(7-17(24)25)36-12(3)18(23)19(32-36)22(26,27)28/h4-6,10-11,16-17H,7-9H2,1-3H3,(H,29,37)(H,30,31,33,34)/t10-,11?,16-/m0/s1. The summed E-state index contributed by atoms with van der Waals surface area (Å²) in [5.41, 5.74) is -0.517. The number of alkyl halides is 5. The van der Waals surface area contributed by atoms with Crippen molar-refractivity contribution >= 4 is 28.9 Å². The number of halogens is 6. The highest BCUT2D eigenvalue weighted by Crippen LogP contribution is 2.38. The summed E-state index contributed by atoms with van der Waals surface area (Å²) >= 11 is 5.79. The van der Waals surface area contributed by atoms with E-state index in [0.717, 1.165) is 5.69 Å². The topological polar surface area (TPSA) is 114 Å². The average Bonchev–Trinajstić information content (AvgIpc) is 3.46. The van der Waals surface area contributed by atoms with E-state index in [4.69, 9.17) is 16.3 Å². The van der Waals surface area contributed by atoms with Crippen LogP contribution in [-0.4, -0.2) is 68.0 Å². The second-order valence-electron chi connectivity index (χ2n) is 8.95. The van der Waals surface area contributed by atoms with Crippen LogP contribution in [0.2, 0.25) is 5.02 Å². The lowest BCUT2D eigenvalue weighted by molar-refractivity contribution is -0.141. The van der Waals surface area contributed by atoms with E-state index in [-0.39, 0.29) is 29.4 Å². The fourth-order valence-electron chi connectivity index (χ4n) is 4.37. The summed E-state index contributed by atoms with van der Waals surface area (Å²) in [7, 11) is 0. The maximum Gasteiger partial charge on any atom is 0.436 e. The third-order valence-corrected chi connectivity index (χ3v) is 6.43. The van der Waals surface area contributed by atoms with Gasteiger partial charge in [-0.15, -0.1) is 10.2 Å². The van der Waals surface area contributed by atoms with Crippen molar-refractivity contribution in [3.8, 4) is 11.4 Å². The Morgan fingerprint density at radius 1 is 1.26 bits per heavy atom. The van der Waals surface area contributed by atoms with Crippen molar-refractivity contribution in [1.82, 2.24) is 30.4 Å². The van der Waals surface area contributed by atoms with Crippen molar-refractivity contribution in [1.29, 1.82) is 0 Å². The van der Waals surface area contributed by atoms with Crippen molar-refractivity contribution < 1.29 is 31.5 Å². The fourth-order valence-corrected chi connectivity index (χ4v) is 4.60. The number of H-pyrrole nitrogens is 1. The molecular formula is C22H24ClF5N8O2. The van der Waals surface area contributed by atoms with E-state index in [2.05, 4.69) is 35.9 Å². The number of carbonyl (C=O) groups excluding carboxylic acids is 1. The first kappa shape index (κ1) is 27.7. The van der Waals surface area contributed by atoms with Gasteiger partial charge in [0.15, 0.2) is 5.69 Å². The van der Waals surface area contributed by atoms with Crippen molar-refractivity contribution in [2.45, 2.75) is 58.0 Å². The van der Waals surface area contributed by atoms with E-state index in [9.17, 15) is 26.7 Å². The van der Waals surface area contributed by atoms with Crippen LogP contribution in [0.15, 0.2) is 18.2 Å². The molecule has 1 saturated heterocycles. The summed E-state index contributed by atoms with van der Waals surface area (Å²) in [5, 5.41) is 18.9. The molecule has 1 aromatic carbocycles. The highest BCUT2D eigenvalue weighted by atomic mass is 35.5. The number of benzene rings is 1. The summed E-state index contributed by atoms with van der Waals surface area (Å²) in [4.78, 5) is 15.3. The number of tetrazole rings is 1. The molecule has 1 aliphatic rings. The largest absolute Gasteiger partial charge is 0.436 e.